The summed E-state index contributed by atoms with van der Waals surface area (Å²) in [7, 11) is 0. The second-order valence-electron chi connectivity index (χ2n) is 3.34. The van der Waals surface area contributed by atoms with E-state index in [1.807, 2.05) is 0 Å². The molecule has 18 heavy (non-hydrogen) atoms. The quantitative estimate of drug-likeness (QED) is 0.894. The van der Waals surface area contributed by atoms with E-state index in [2.05, 4.69) is 15.3 Å². The Kier molecular flexibility index (Phi) is 3.38. The van der Waals surface area contributed by atoms with Crippen molar-refractivity contribution in [2.24, 2.45) is 0 Å². The number of carboxylic acid groups (broad SMARTS) is 1. The van der Waals surface area contributed by atoms with Crippen molar-refractivity contribution in [3.63, 3.8) is 0 Å². The first-order valence-electron chi connectivity index (χ1n) is 4.83. The highest BCUT2D eigenvalue weighted by atomic mass is 35.5. The van der Waals surface area contributed by atoms with Crippen LogP contribution in [0.1, 0.15) is 10.5 Å². The number of halogens is 2. The van der Waals surface area contributed by atoms with Gasteiger partial charge in [0.2, 0.25) is 0 Å². The largest absolute Gasteiger partial charge is 0.476 e. The summed E-state index contributed by atoms with van der Waals surface area (Å²) in [5, 5.41) is 11.7. The minimum Gasteiger partial charge on any atom is -0.476 e. The summed E-state index contributed by atoms with van der Waals surface area (Å²) < 4.78 is 13.4. The van der Waals surface area contributed by atoms with E-state index < -0.39 is 11.8 Å². The van der Waals surface area contributed by atoms with Gasteiger partial charge in [0.15, 0.2) is 5.69 Å². The first kappa shape index (κ1) is 12.3. The summed E-state index contributed by atoms with van der Waals surface area (Å²) in [4.78, 5) is 18.0. The maximum absolute atomic E-state index is 13.4. The van der Waals surface area contributed by atoms with Crippen molar-refractivity contribution < 1.29 is 14.3 Å². The topological polar surface area (TPSA) is 75.1 Å². The fraction of sp³-hybridized carbons (Fsp3) is 0. The molecule has 1 aromatic carbocycles. The third kappa shape index (κ3) is 2.72. The van der Waals surface area contributed by atoms with Gasteiger partial charge >= 0.3 is 5.97 Å². The van der Waals surface area contributed by atoms with E-state index in [9.17, 15) is 9.18 Å². The van der Waals surface area contributed by atoms with Crippen molar-refractivity contribution in [2.45, 2.75) is 0 Å². The second kappa shape index (κ2) is 4.97. The zero-order chi connectivity index (χ0) is 13.1. The molecule has 0 aliphatic rings. The molecule has 1 aromatic heterocycles. The summed E-state index contributed by atoms with van der Waals surface area (Å²) in [5.74, 6) is -1.45. The van der Waals surface area contributed by atoms with Crippen LogP contribution in [-0.4, -0.2) is 21.0 Å². The molecule has 0 spiro atoms. The lowest BCUT2D eigenvalue weighted by atomic mass is 10.3. The van der Waals surface area contributed by atoms with Gasteiger partial charge in [-0.3, -0.25) is 0 Å². The molecular weight excluding hydrogens is 261 g/mol. The molecule has 2 rings (SSSR count). The number of aromatic carboxylic acids is 1. The molecule has 0 atom stereocenters. The highest BCUT2D eigenvalue weighted by molar-refractivity contribution is 6.30. The molecule has 0 aliphatic carbocycles. The second-order valence-corrected chi connectivity index (χ2v) is 3.78. The SMILES string of the molecule is O=C(O)c1cnc(Nc2cc(Cl)ccc2F)cn1. The molecule has 7 heteroatoms. The molecule has 0 saturated heterocycles. The number of nitrogens with one attached hydrogen (secondary N) is 1. The highest BCUT2D eigenvalue weighted by Crippen LogP contribution is 2.22. The van der Waals surface area contributed by atoms with Gasteiger partial charge in [0, 0.05) is 5.02 Å². The minimum atomic E-state index is -1.18. The van der Waals surface area contributed by atoms with Crippen molar-refractivity contribution in [3.05, 3.63) is 47.1 Å². The smallest absolute Gasteiger partial charge is 0.356 e. The predicted molar refractivity (Wildman–Crippen MR) is 63.7 cm³/mol. The third-order valence-corrected chi connectivity index (χ3v) is 2.30. The van der Waals surface area contributed by atoms with E-state index >= 15 is 0 Å². The Morgan fingerprint density at radius 1 is 1.33 bits per heavy atom. The summed E-state index contributed by atoms with van der Waals surface area (Å²) in [6, 6.07) is 4.02. The number of anilines is 2. The summed E-state index contributed by atoms with van der Waals surface area (Å²) in [6.45, 7) is 0. The van der Waals surface area contributed by atoms with Crippen molar-refractivity contribution in [3.8, 4) is 0 Å². The Balaban J connectivity index is 2.23. The Morgan fingerprint density at radius 3 is 2.72 bits per heavy atom. The highest BCUT2D eigenvalue weighted by Gasteiger charge is 2.07. The van der Waals surface area contributed by atoms with Crippen LogP contribution in [-0.2, 0) is 0 Å². The van der Waals surface area contributed by atoms with Gasteiger partial charge in [-0.15, -0.1) is 0 Å². The normalized spacial score (nSPS) is 10.1. The first-order valence-corrected chi connectivity index (χ1v) is 5.21. The van der Waals surface area contributed by atoms with E-state index in [0.29, 0.717) is 5.02 Å². The zero-order valence-electron chi connectivity index (χ0n) is 8.89. The maximum atomic E-state index is 13.4. The molecule has 2 N–H and O–H groups in total. The van der Waals surface area contributed by atoms with E-state index in [1.54, 1.807) is 0 Å². The molecule has 5 nitrogen and oxygen atoms in total. The van der Waals surface area contributed by atoms with Crippen LogP contribution < -0.4 is 5.32 Å². The molecule has 0 bridgehead atoms. The van der Waals surface area contributed by atoms with Gasteiger partial charge in [0.05, 0.1) is 18.1 Å². The Hall–Kier alpha value is -2.21. The minimum absolute atomic E-state index is 0.139. The van der Waals surface area contributed by atoms with Crippen LogP contribution in [0.2, 0.25) is 5.02 Å². The Morgan fingerprint density at radius 2 is 2.11 bits per heavy atom. The van der Waals surface area contributed by atoms with E-state index in [1.165, 1.54) is 24.4 Å². The lowest BCUT2D eigenvalue weighted by Gasteiger charge is -2.06. The van der Waals surface area contributed by atoms with Crippen LogP contribution in [0.3, 0.4) is 0 Å². The van der Waals surface area contributed by atoms with Gasteiger partial charge in [0.25, 0.3) is 0 Å². The number of benzene rings is 1. The summed E-state index contributed by atoms with van der Waals surface area (Å²) in [6.07, 6.45) is 2.27. The number of rotatable bonds is 3. The lowest BCUT2D eigenvalue weighted by molar-refractivity contribution is 0.0690. The number of hydrogen-bond acceptors (Lipinski definition) is 4. The molecule has 92 valence electrons. The van der Waals surface area contributed by atoms with E-state index in [-0.39, 0.29) is 17.2 Å². The van der Waals surface area contributed by atoms with Crippen LogP contribution in [0.25, 0.3) is 0 Å². The van der Waals surface area contributed by atoms with Crippen molar-refractivity contribution in [1.82, 2.24) is 9.97 Å². The fourth-order valence-corrected chi connectivity index (χ4v) is 1.41. The fourth-order valence-electron chi connectivity index (χ4n) is 1.23. The van der Waals surface area contributed by atoms with E-state index in [4.69, 9.17) is 16.7 Å². The zero-order valence-corrected chi connectivity index (χ0v) is 9.65. The summed E-state index contributed by atoms with van der Waals surface area (Å²) in [5.41, 5.74) is -0.0491. The lowest BCUT2D eigenvalue weighted by Crippen LogP contribution is -2.03. The monoisotopic (exact) mass is 267 g/mol. The van der Waals surface area contributed by atoms with E-state index in [0.717, 1.165) is 6.20 Å². The van der Waals surface area contributed by atoms with Gasteiger partial charge in [-0.05, 0) is 18.2 Å². The molecule has 0 amide bonds. The average Bonchev–Trinajstić information content (AvgIpc) is 2.34. The third-order valence-electron chi connectivity index (χ3n) is 2.06. The van der Waals surface area contributed by atoms with Gasteiger partial charge in [-0.25, -0.2) is 19.2 Å². The number of aromatic nitrogens is 2. The average molecular weight is 268 g/mol. The molecule has 0 unspecified atom stereocenters. The van der Waals surface area contributed by atoms with Crippen molar-refractivity contribution >= 4 is 29.1 Å². The number of carboxylic acids is 1. The van der Waals surface area contributed by atoms with Crippen LogP contribution in [0.5, 0.6) is 0 Å². The van der Waals surface area contributed by atoms with Gasteiger partial charge in [0.1, 0.15) is 11.6 Å². The molecule has 2 aromatic rings. The van der Waals surface area contributed by atoms with Gasteiger partial charge in [-0.1, -0.05) is 11.6 Å². The van der Waals surface area contributed by atoms with Crippen molar-refractivity contribution in [1.29, 1.82) is 0 Å². The molecule has 0 saturated carbocycles. The predicted octanol–water partition coefficient (Wildman–Crippen LogP) is 2.71. The standard InChI is InChI=1S/C11H7ClFN3O2/c12-6-1-2-7(13)8(3-6)16-10-5-14-9(4-15-10)11(17)18/h1-5H,(H,15,16)(H,17,18). The molecule has 0 aliphatic heterocycles. The number of nitrogens with zero attached hydrogens (tertiary/aromatic N) is 2. The van der Waals surface area contributed by atoms with Crippen LogP contribution in [0.15, 0.2) is 30.6 Å². The van der Waals surface area contributed by atoms with Gasteiger partial charge < -0.3 is 10.4 Å². The Labute approximate surface area is 106 Å². The maximum Gasteiger partial charge on any atom is 0.356 e. The summed E-state index contributed by atoms with van der Waals surface area (Å²) >= 11 is 5.73. The molecule has 0 radical (unpaired) electrons. The Bertz CT molecular complexity index is 589. The molecular formula is C11H7ClFN3O2. The van der Waals surface area contributed by atoms with Crippen LogP contribution >= 0.6 is 11.6 Å². The van der Waals surface area contributed by atoms with Crippen LogP contribution in [0.4, 0.5) is 15.9 Å². The number of carbonyl (C=O) groups is 1. The first-order chi connectivity index (χ1) is 8.56. The number of hydrogen-bond donors (Lipinski definition) is 2. The van der Waals surface area contributed by atoms with Gasteiger partial charge in [-0.2, -0.15) is 0 Å². The molecule has 0 fully saturated rings. The van der Waals surface area contributed by atoms with Crippen LogP contribution in [0, 0.1) is 5.82 Å². The molecule has 1 heterocycles. The van der Waals surface area contributed by atoms with Crippen molar-refractivity contribution in [2.75, 3.05) is 5.32 Å².